The second-order valence-corrected chi connectivity index (χ2v) is 5.88. The summed E-state index contributed by atoms with van der Waals surface area (Å²) in [5.74, 6) is -5.63. The fourth-order valence-corrected chi connectivity index (χ4v) is 2.12. The smallest absolute Gasteiger partial charge is 0.326 e. The zero-order chi connectivity index (χ0) is 21.0. The molecule has 0 spiro atoms. The SMILES string of the molecule is NCCCC[C@H](NC(=O)[C@@H](N)CC(=O)O)C(=O)N[C@@H](CCC(=O)O)C(=O)O. The van der Waals surface area contributed by atoms with E-state index in [4.69, 9.17) is 26.8 Å². The molecule has 0 aliphatic rings. The summed E-state index contributed by atoms with van der Waals surface area (Å²) in [6.45, 7) is 0.344. The van der Waals surface area contributed by atoms with Crippen LogP contribution in [0.5, 0.6) is 0 Å². The van der Waals surface area contributed by atoms with E-state index >= 15 is 0 Å². The van der Waals surface area contributed by atoms with Crippen LogP contribution in [0.25, 0.3) is 0 Å². The maximum absolute atomic E-state index is 12.4. The third-order valence-electron chi connectivity index (χ3n) is 3.57. The molecule has 0 saturated carbocycles. The van der Waals surface area contributed by atoms with Crippen molar-refractivity contribution in [3.05, 3.63) is 0 Å². The average molecular weight is 390 g/mol. The first-order valence-electron chi connectivity index (χ1n) is 8.31. The molecule has 0 aromatic carbocycles. The minimum Gasteiger partial charge on any atom is -0.481 e. The molecule has 0 aromatic rings. The van der Waals surface area contributed by atoms with Crippen molar-refractivity contribution in [2.75, 3.05) is 6.54 Å². The molecule has 0 aliphatic carbocycles. The van der Waals surface area contributed by atoms with Gasteiger partial charge >= 0.3 is 17.9 Å². The van der Waals surface area contributed by atoms with Gasteiger partial charge in [-0.15, -0.1) is 0 Å². The van der Waals surface area contributed by atoms with E-state index in [2.05, 4.69) is 10.6 Å². The highest BCUT2D eigenvalue weighted by atomic mass is 16.4. The van der Waals surface area contributed by atoms with Gasteiger partial charge in [-0.05, 0) is 32.2 Å². The molecular formula is C15H26N4O8. The van der Waals surface area contributed by atoms with Crippen LogP contribution in [0.2, 0.25) is 0 Å². The van der Waals surface area contributed by atoms with Crippen molar-refractivity contribution in [1.82, 2.24) is 10.6 Å². The Labute approximate surface area is 155 Å². The quantitative estimate of drug-likeness (QED) is 0.159. The number of aliphatic carboxylic acids is 3. The van der Waals surface area contributed by atoms with Gasteiger partial charge in [0.15, 0.2) is 0 Å². The lowest BCUT2D eigenvalue weighted by atomic mass is 10.1. The Morgan fingerprint density at radius 2 is 1.41 bits per heavy atom. The van der Waals surface area contributed by atoms with E-state index in [1.165, 1.54) is 0 Å². The Balaban J connectivity index is 5.03. The van der Waals surface area contributed by atoms with E-state index in [-0.39, 0.29) is 12.8 Å². The van der Waals surface area contributed by atoms with Gasteiger partial charge in [-0.2, -0.15) is 0 Å². The van der Waals surface area contributed by atoms with Gasteiger partial charge in [0.1, 0.15) is 12.1 Å². The summed E-state index contributed by atoms with van der Waals surface area (Å²) in [4.78, 5) is 56.7. The highest BCUT2D eigenvalue weighted by Crippen LogP contribution is 2.05. The molecule has 9 N–H and O–H groups in total. The molecule has 0 unspecified atom stereocenters. The number of hydrogen-bond acceptors (Lipinski definition) is 7. The van der Waals surface area contributed by atoms with E-state index in [9.17, 15) is 24.0 Å². The number of nitrogens with one attached hydrogen (secondary N) is 2. The lowest BCUT2D eigenvalue weighted by molar-refractivity contribution is -0.144. The Morgan fingerprint density at radius 3 is 1.89 bits per heavy atom. The summed E-state index contributed by atoms with van der Waals surface area (Å²) in [6, 6.07) is -3.99. The fourth-order valence-electron chi connectivity index (χ4n) is 2.12. The minimum atomic E-state index is -1.45. The maximum Gasteiger partial charge on any atom is 0.326 e. The van der Waals surface area contributed by atoms with Gasteiger partial charge in [0, 0.05) is 6.42 Å². The molecule has 0 rings (SSSR count). The van der Waals surface area contributed by atoms with E-state index in [0.717, 1.165) is 0 Å². The van der Waals surface area contributed by atoms with Crippen molar-refractivity contribution >= 4 is 29.7 Å². The van der Waals surface area contributed by atoms with Crippen LogP contribution in [0.1, 0.15) is 38.5 Å². The average Bonchev–Trinajstić information content (AvgIpc) is 2.56. The molecular weight excluding hydrogens is 364 g/mol. The summed E-state index contributed by atoms with van der Waals surface area (Å²) >= 11 is 0. The van der Waals surface area contributed by atoms with Crippen LogP contribution < -0.4 is 22.1 Å². The molecule has 0 saturated heterocycles. The standard InChI is InChI=1S/C15H26N4O8/c16-6-2-1-3-9(18-13(24)8(17)7-12(22)23)14(25)19-10(15(26)27)4-5-11(20)21/h8-10H,1-7,16-17H2,(H,18,24)(H,19,25)(H,20,21)(H,22,23)(H,26,27)/t8-,9-,10-/m0/s1. The lowest BCUT2D eigenvalue weighted by Crippen LogP contribution is -2.54. The second kappa shape index (κ2) is 12.6. The van der Waals surface area contributed by atoms with Crippen molar-refractivity contribution in [2.45, 2.75) is 56.7 Å². The summed E-state index contributed by atoms with van der Waals surface area (Å²) in [5, 5.41) is 30.9. The van der Waals surface area contributed by atoms with Crippen LogP contribution in [0, 0.1) is 0 Å². The molecule has 0 radical (unpaired) electrons. The molecule has 0 aromatic heterocycles. The lowest BCUT2D eigenvalue weighted by Gasteiger charge is -2.22. The third kappa shape index (κ3) is 10.8. The predicted octanol–water partition coefficient (Wildman–Crippen LogP) is -2.16. The Hall–Kier alpha value is -2.73. The second-order valence-electron chi connectivity index (χ2n) is 5.88. The van der Waals surface area contributed by atoms with Gasteiger partial charge in [-0.25, -0.2) is 4.79 Å². The number of carbonyl (C=O) groups is 5. The summed E-state index contributed by atoms with van der Waals surface area (Å²) in [7, 11) is 0. The van der Waals surface area contributed by atoms with Crippen LogP contribution in [-0.2, 0) is 24.0 Å². The van der Waals surface area contributed by atoms with Crippen LogP contribution in [-0.4, -0.2) is 69.7 Å². The Morgan fingerprint density at radius 1 is 0.815 bits per heavy atom. The Kier molecular flexibility index (Phi) is 11.3. The molecule has 3 atom stereocenters. The van der Waals surface area contributed by atoms with E-state index in [1.54, 1.807) is 0 Å². The monoisotopic (exact) mass is 390 g/mol. The van der Waals surface area contributed by atoms with E-state index in [0.29, 0.717) is 19.4 Å². The maximum atomic E-state index is 12.4. The van der Waals surface area contributed by atoms with Gasteiger partial charge < -0.3 is 37.4 Å². The number of amides is 2. The molecule has 0 bridgehead atoms. The molecule has 0 aliphatic heterocycles. The van der Waals surface area contributed by atoms with E-state index < -0.39 is 60.7 Å². The molecule has 27 heavy (non-hydrogen) atoms. The van der Waals surface area contributed by atoms with E-state index in [1.807, 2.05) is 0 Å². The molecule has 12 nitrogen and oxygen atoms in total. The van der Waals surface area contributed by atoms with Crippen molar-refractivity contribution in [2.24, 2.45) is 11.5 Å². The first-order valence-corrected chi connectivity index (χ1v) is 8.31. The summed E-state index contributed by atoms with van der Waals surface area (Å²) < 4.78 is 0. The highest BCUT2D eigenvalue weighted by molar-refractivity contribution is 5.93. The number of rotatable bonds is 14. The predicted molar refractivity (Wildman–Crippen MR) is 91.5 cm³/mol. The first kappa shape index (κ1) is 24.3. The van der Waals surface area contributed by atoms with Crippen molar-refractivity contribution < 1.29 is 39.3 Å². The van der Waals surface area contributed by atoms with Crippen molar-refractivity contribution in [3.63, 3.8) is 0 Å². The fraction of sp³-hybridized carbons (Fsp3) is 0.667. The minimum absolute atomic E-state index is 0.125. The molecule has 0 heterocycles. The van der Waals surface area contributed by atoms with Crippen LogP contribution in [0.3, 0.4) is 0 Å². The summed E-state index contributed by atoms with van der Waals surface area (Å²) in [5.41, 5.74) is 10.8. The van der Waals surface area contributed by atoms with Gasteiger partial charge in [-0.1, -0.05) is 0 Å². The molecule has 2 amide bonds. The van der Waals surface area contributed by atoms with Gasteiger partial charge in [0.25, 0.3) is 0 Å². The third-order valence-corrected chi connectivity index (χ3v) is 3.57. The van der Waals surface area contributed by atoms with Gasteiger partial charge in [-0.3, -0.25) is 19.2 Å². The number of carbonyl (C=O) groups excluding carboxylic acids is 2. The zero-order valence-corrected chi connectivity index (χ0v) is 14.7. The summed E-state index contributed by atoms with van der Waals surface area (Å²) in [6.07, 6.45) is -0.333. The normalized spacial score (nSPS) is 13.9. The number of nitrogens with two attached hydrogens (primary N) is 2. The zero-order valence-electron chi connectivity index (χ0n) is 14.7. The van der Waals surface area contributed by atoms with Gasteiger partial charge in [0.05, 0.1) is 12.5 Å². The molecule has 12 heteroatoms. The van der Waals surface area contributed by atoms with Crippen molar-refractivity contribution in [1.29, 1.82) is 0 Å². The van der Waals surface area contributed by atoms with Crippen molar-refractivity contribution in [3.8, 4) is 0 Å². The Bertz CT molecular complexity index is 554. The molecule has 154 valence electrons. The largest absolute Gasteiger partial charge is 0.481 e. The molecule has 0 fully saturated rings. The van der Waals surface area contributed by atoms with Gasteiger partial charge in [0.2, 0.25) is 11.8 Å². The van der Waals surface area contributed by atoms with Crippen LogP contribution in [0.15, 0.2) is 0 Å². The number of unbranched alkanes of at least 4 members (excludes halogenated alkanes) is 1. The number of carboxylic acid groups (broad SMARTS) is 3. The number of hydrogen-bond donors (Lipinski definition) is 7. The van der Waals surface area contributed by atoms with Crippen LogP contribution in [0.4, 0.5) is 0 Å². The topological polar surface area (TPSA) is 222 Å². The number of carboxylic acids is 3. The highest BCUT2D eigenvalue weighted by Gasteiger charge is 2.28. The first-order chi connectivity index (χ1) is 12.6. The van der Waals surface area contributed by atoms with Crippen LogP contribution >= 0.6 is 0 Å².